The monoisotopic (exact) mass is 186 g/mol. The first-order valence-electron chi connectivity index (χ1n) is 4.35. The van der Waals surface area contributed by atoms with Crippen molar-refractivity contribution in [2.75, 3.05) is 49.3 Å². The first-order valence-corrected chi connectivity index (χ1v) is 4.35. The van der Waals surface area contributed by atoms with E-state index in [-0.39, 0.29) is 0 Å². The summed E-state index contributed by atoms with van der Waals surface area (Å²) in [6.45, 7) is 0. The van der Waals surface area contributed by atoms with Gasteiger partial charge < -0.3 is 0 Å². The number of nitrogens with zero attached hydrogens (tertiary/aromatic N) is 3. The average molecular weight is 186 g/mol. The summed E-state index contributed by atoms with van der Waals surface area (Å²) in [6.07, 6.45) is 0. The third kappa shape index (κ3) is 3.05. The summed E-state index contributed by atoms with van der Waals surface area (Å²) in [6, 6.07) is 0. The summed E-state index contributed by atoms with van der Waals surface area (Å²) >= 11 is 0. The van der Waals surface area contributed by atoms with E-state index in [2.05, 4.69) is 19.4 Å². The lowest BCUT2D eigenvalue weighted by atomic mass is 10.4. The minimum Gasteiger partial charge on any atom is -0.270 e. The van der Waals surface area contributed by atoms with Gasteiger partial charge in [-0.2, -0.15) is 0 Å². The standard InChI is InChI=1S/C9H21N4/c1-10-8(11(2)3)9(12(4)5)13(6)7/h1-7H3/q+1/p+1. The summed E-state index contributed by atoms with van der Waals surface area (Å²) in [4.78, 5) is 2.09. The van der Waals surface area contributed by atoms with Crippen LogP contribution in [0.25, 0.3) is 0 Å². The molecule has 0 aliphatic rings. The van der Waals surface area contributed by atoms with Gasteiger partial charge in [0.25, 0.3) is 0 Å². The van der Waals surface area contributed by atoms with Crippen molar-refractivity contribution in [3.05, 3.63) is 0 Å². The Balaban J connectivity index is 5.21. The van der Waals surface area contributed by atoms with E-state index in [0.29, 0.717) is 0 Å². The van der Waals surface area contributed by atoms with Gasteiger partial charge in [-0.15, -0.1) is 0 Å². The molecule has 0 atom stereocenters. The minimum atomic E-state index is 1.11. The molecule has 0 saturated heterocycles. The van der Waals surface area contributed by atoms with Crippen molar-refractivity contribution in [1.29, 1.82) is 0 Å². The Labute approximate surface area is 81.2 Å². The van der Waals surface area contributed by atoms with Gasteiger partial charge in [-0.1, -0.05) is 0 Å². The van der Waals surface area contributed by atoms with E-state index in [0.717, 1.165) is 11.7 Å². The predicted molar refractivity (Wildman–Crippen MR) is 57.0 cm³/mol. The fourth-order valence-electron chi connectivity index (χ4n) is 1.36. The highest BCUT2D eigenvalue weighted by Gasteiger charge is 2.25. The molecule has 0 spiro atoms. The third-order valence-electron chi connectivity index (χ3n) is 1.74. The molecule has 0 rings (SSSR count). The van der Waals surface area contributed by atoms with E-state index in [4.69, 9.17) is 0 Å². The van der Waals surface area contributed by atoms with Crippen molar-refractivity contribution >= 4 is 11.7 Å². The maximum absolute atomic E-state index is 3.19. The zero-order chi connectivity index (χ0) is 10.6. The largest absolute Gasteiger partial charge is 0.361 e. The molecule has 1 N–H and O–H groups in total. The zero-order valence-electron chi connectivity index (χ0n) is 9.84. The van der Waals surface area contributed by atoms with Crippen LogP contribution in [0.15, 0.2) is 0 Å². The molecule has 0 aromatic heterocycles. The van der Waals surface area contributed by atoms with Gasteiger partial charge in [0.1, 0.15) is 0 Å². The highest BCUT2D eigenvalue weighted by Crippen LogP contribution is 1.84. The molecule has 0 fully saturated rings. The Morgan fingerprint density at radius 3 is 1.54 bits per heavy atom. The first kappa shape index (κ1) is 11.9. The van der Waals surface area contributed by atoms with Crippen LogP contribution in [0.2, 0.25) is 0 Å². The van der Waals surface area contributed by atoms with Crippen LogP contribution in [-0.2, 0) is 0 Å². The highest BCUT2D eigenvalue weighted by molar-refractivity contribution is 6.35. The molecule has 76 valence electrons. The molecule has 0 bridgehead atoms. The van der Waals surface area contributed by atoms with Gasteiger partial charge >= 0.3 is 11.7 Å². The second-order valence-corrected chi connectivity index (χ2v) is 3.61. The Hall–Kier alpha value is -1.06. The molecule has 4 nitrogen and oxygen atoms in total. The van der Waals surface area contributed by atoms with Crippen LogP contribution in [0.3, 0.4) is 0 Å². The number of hydrogen-bond acceptors (Lipinski definition) is 0. The summed E-state index contributed by atoms with van der Waals surface area (Å²) < 4.78 is 4.15. The van der Waals surface area contributed by atoms with Crippen LogP contribution in [0, 0.1) is 0 Å². The topological polar surface area (TPSA) is 21.3 Å². The Morgan fingerprint density at radius 2 is 1.46 bits per heavy atom. The minimum absolute atomic E-state index is 1.11. The molecule has 0 amide bonds. The summed E-state index contributed by atoms with van der Waals surface area (Å²) in [5.74, 6) is 2.27. The van der Waals surface area contributed by atoms with Crippen molar-refractivity contribution in [3.8, 4) is 0 Å². The lowest BCUT2D eigenvalue weighted by molar-refractivity contribution is -0.483. The molecule has 0 heterocycles. The SMILES string of the molecule is CNC(C(N(C)C)=[N+](C)C)=[N+](C)C. The van der Waals surface area contributed by atoms with Crippen LogP contribution < -0.4 is 5.32 Å². The van der Waals surface area contributed by atoms with E-state index in [1.165, 1.54) is 0 Å². The van der Waals surface area contributed by atoms with E-state index >= 15 is 0 Å². The van der Waals surface area contributed by atoms with Crippen molar-refractivity contribution in [3.63, 3.8) is 0 Å². The van der Waals surface area contributed by atoms with Gasteiger partial charge in [0.05, 0.1) is 49.3 Å². The Bertz CT molecular complexity index is 230. The maximum Gasteiger partial charge on any atom is 0.361 e. The molecular weight excluding hydrogens is 164 g/mol. The van der Waals surface area contributed by atoms with Gasteiger partial charge in [-0.25, -0.2) is 0 Å². The van der Waals surface area contributed by atoms with Crippen molar-refractivity contribution in [2.24, 2.45) is 0 Å². The first-order chi connectivity index (χ1) is 5.91. The Kier molecular flexibility index (Phi) is 4.45. The van der Waals surface area contributed by atoms with Crippen LogP contribution in [0.1, 0.15) is 0 Å². The lowest BCUT2D eigenvalue weighted by Crippen LogP contribution is -2.46. The molecule has 0 saturated carbocycles. The number of rotatable bonds is 0. The zero-order valence-corrected chi connectivity index (χ0v) is 9.84. The van der Waals surface area contributed by atoms with Gasteiger partial charge in [0.2, 0.25) is 0 Å². The van der Waals surface area contributed by atoms with E-state index in [9.17, 15) is 0 Å². The fourth-order valence-corrected chi connectivity index (χ4v) is 1.36. The van der Waals surface area contributed by atoms with Crippen LogP contribution in [-0.4, -0.2) is 75.1 Å². The molecule has 0 aliphatic heterocycles. The summed E-state index contributed by atoms with van der Waals surface area (Å²) in [5.41, 5.74) is 0. The van der Waals surface area contributed by atoms with Gasteiger partial charge in [-0.3, -0.25) is 19.4 Å². The van der Waals surface area contributed by atoms with Crippen LogP contribution in [0.5, 0.6) is 0 Å². The van der Waals surface area contributed by atoms with Gasteiger partial charge in [0, 0.05) is 0 Å². The number of hydrogen-bond donors (Lipinski definition) is 1. The van der Waals surface area contributed by atoms with Crippen LogP contribution in [0.4, 0.5) is 0 Å². The third-order valence-corrected chi connectivity index (χ3v) is 1.74. The van der Waals surface area contributed by atoms with Gasteiger partial charge in [-0.05, 0) is 0 Å². The molecule has 4 heteroatoms. The van der Waals surface area contributed by atoms with Crippen molar-refractivity contribution in [2.45, 2.75) is 0 Å². The molecule has 13 heavy (non-hydrogen) atoms. The highest BCUT2D eigenvalue weighted by atomic mass is 15.2. The second-order valence-electron chi connectivity index (χ2n) is 3.61. The van der Waals surface area contributed by atoms with E-state index in [1.807, 2.05) is 49.3 Å². The Morgan fingerprint density at radius 1 is 1.00 bits per heavy atom. The van der Waals surface area contributed by atoms with Crippen molar-refractivity contribution < 1.29 is 9.15 Å². The summed E-state index contributed by atoms with van der Waals surface area (Å²) in [5, 5.41) is 3.19. The lowest BCUT2D eigenvalue weighted by Gasteiger charge is -2.10. The second kappa shape index (κ2) is 4.84. The van der Waals surface area contributed by atoms with E-state index < -0.39 is 0 Å². The van der Waals surface area contributed by atoms with Crippen LogP contribution >= 0.6 is 0 Å². The maximum atomic E-state index is 3.19. The molecule has 0 unspecified atom stereocenters. The molecule has 0 radical (unpaired) electrons. The quantitative estimate of drug-likeness (QED) is 0.301. The molecule has 0 aromatic rings. The molecule has 0 aromatic carbocycles. The number of likely N-dealkylation sites (N-methyl/N-ethyl adjacent to an activating group) is 2. The average Bonchev–Trinajstić information content (AvgIpc) is 1.97. The number of amidine groups is 2. The molecular formula is C9H22N4+2. The van der Waals surface area contributed by atoms with E-state index in [1.54, 1.807) is 0 Å². The van der Waals surface area contributed by atoms with Gasteiger partial charge in [0.15, 0.2) is 0 Å². The smallest absolute Gasteiger partial charge is 0.270 e. The predicted octanol–water partition coefficient (Wildman–Crippen LogP) is -0.891. The van der Waals surface area contributed by atoms with Crippen molar-refractivity contribution in [1.82, 2.24) is 10.2 Å². The summed E-state index contributed by atoms with van der Waals surface area (Å²) in [7, 11) is 14.1. The fraction of sp³-hybridized carbons (Fsp3) is 0.778. The molecule has 0 aliphatic carbocycles. The number of nitrogens with one attached hydrogen (secondary N) is 1. The normalized spacial score (nSPS) is 9.15.